The van der Waals surface area contributed by atoms with Gasteiger partial charge >= 0.3 is 5.51 Å². The van der Waals surface area contributed by atoms with Crippen LogP contribution >= 0.6 is 11.8 Å². The molecule has 3 aliphatic rings. The van der Waals surface area contributed by atoms with Gasteiger partial charge in [-0.25, -0.2) is 8.42 Å². The molecule has 0 unspecified atom stereocenters. The zero-order valence-electron chi connectivity index (χ0n) is 21.1. The molecule has 0 amide bonds. The Morgan fingerprint density at radius 1 is 0.585 bits per heavy atom. The first-order valence-corrected chi connectivity index (χ1v) is 15.2. The summed E-state index contributed by atoms with van der Waals surface area (Å²) in [5.41, 5.74) is 1.50. The minimum atomic E-state index is -4.49. The fourth-order valence-corrected chi connectivity index (χ4v) is 8.87. The average molecular weight is 582 g/mol. The number of anilines is 6. The normalized spacial score (nSPS) is 15.5. The van der Waals surface area contributed by atoms with Crippen LogP contribution in [0.2, 0.25) is 0 Å². The van der Waals surface area contributed by atoms with Gasteiger partial charge in [-0.05, 0) is 88.8 Å². The van der Waals surface area contributed by atoms with Crippen molar-refractivity contribution in [3.05, 3.63) is 109 Å². The van der Waals surface area contributed by atoms with Gasteiger partial charge in [-0.1, -0.05) is 48.5 Å². The van der Waals surface area contributed by atoms with Crippen molar-refractivity contribution >= 4 is 78.8 Å². The van der Waals surface area contributed by atoms with Crippen molar-refractivity contribution in [2.75, 3.05) is 9.80 Å². The van der Waals surface area contributed by atoms with Gasteiger partial charge in [-0.2, -0.15) is 13.2 Å². The summed E-state index contributed by atoms with van der Waals surface area (Å²) in [7, 11) is -3.88. The maximum atomic E-state index is 14.1. The number of nitrogens with zero attached hydrogens (tertiary/aromatic N) is 2. The zero-order chi connectivity index (χ0) is 28.1. The van der Waals surface area contributed by atoms with Crippen LogP contribution in [0.5, 0.6) is 0 Å². The van der Waals surface area contributed by atoms with E-state index in [0.29, 0.717) is 33.7 Å². The second kappa shape index (κ2) is 8.44. The third kappa shape index (κ3) is 3.47. The summed E-state index contributed by atoms with van der Waals surface area (Å²) in [6.45, 7) is -0.467. The molecule has 3 aliphatic heterocycles. The van der Waals surface area contributed by atoms with E-state index in [1.54, 1.807) is 36.4 Å². The van der Waals surface area contributed by atoms with Crippen molar-refractivity contribution < 1.29 is 21.6 Å². The second-order valence-corrected chi connectivity index (χ2v) is 13.1. The molecule has 0 aliphatic carbocycles. The number of sulfone groups is 1. The topological polar surface area (TPSA) is 40.6 Å². The van der Waals surface area contributed by atoms with E-state index in [-0.39, 0.29) is 26.4 Å². The first-order valence-electron chi connectivity index (χ1n) is 12.9. The molecule has 10 heteroatoms. The minimum Gasteiger partial charge on any atom is -0.311 e. The summed E-state index contributed by atoms with van der Waals surface area (Å²) < 4.78 is 69.8. The van der Waals surface area contributed by atoms with Gasteiger partial charge in [0.1, 0.15) is 0 Å². The summed E-state index contributed by atoms with van der Waals surface area (Å²) >= 11 is -0.149. The van der Waals surface area contributed by atoms with Crippen molar-refractivity contribution in [3.63, 3.8) is 0 Å². The third-order valence-corrected chi connectivity index (χ3v) is 10.4. The van der Waals surface area contributed by atoms with Crippen LogP contribution in [-0.4, -0.2) is 20.6 Å². The van der Waals surface area contributed by atoms with E-state index in [4.69, 9.17) is 0 Å². The fourth-order valence-electron chi connectivity index (χ4n) is 6.48. The molecule has 8 rings (SSSR count). The number of hydrogen-bond donors (Lipinski definition) is 0. The van der Waals surface area contributed by atoms with Crippen molar-refractivity contribution in [1.82, 2.24) is 0 Å². The first kappa shape index (κ1) is 24.6. The highest BCUT2D eigenvalue weighted by Crippen LogP contribution is 2.49. The lowest BCUT2D eigenvalue weighted by Gasteiger charge is -2.46. The Morgan fingerprint density at radius 2 is 1.05 bits per heavy atom. The third-order valence-electron chi connectivity index (χ3n) is 7.87. The van der Waals surface area contributed by atoms with Crippen LogP contribution in [0.4, 0.5) is 47.3 Å². The van der Waals surface area contributed by atoms with E-state index in [9.17, 15) is 21.6 Å². The van der Waals surface area contributed by atoms with Crippen LogP contribution in [0.25, 0.3) is 0 Å². The number of hydrogen-bond acceptors (Lipinski definition) is 5. The zero-order valence-corrected chi connectivity index (χ0v) is 22.8. The smallest absolute Gasteiger partial charge is 0.311 e. The number of thioether (sulfide) groups is 1. The van der Waals surface area contributed by atoms with E-state index in [0.717, 1.165) is 16.8 Å². The number of alkyl halides is 3. The maximum Gasteiger partial charge on any atom is 0.446 e. The molecule has 3 heterocycles. The molecule has 0 N–H and O–H groups in total. The summed E-state index contributed by atoms with van der Waals surface area (Å²) in [6, 6.07) is 32.2. The highest BCUT2D eigenvalue weighted by atomic mass is 32.2. The lowest BCUT2D eigenvalue weighted by Crippen LogP contribution is -2.65. The Morgan fingerprint density at radius 3 is 1.49 bits per heavy atom. The van der Waals surface area contributed by atoms with E-state index < -0.39 is 22.1 Å². The van der Waals surface area contributed by atoms with Gasteiger partial charge in [-0.3, -0.25) is 0 Å². The molecule has 0 saturated carbocycles. The van der Waals surface area contributed by atoms with Crippen LogP contribution in [0, 0.1) is 0 Å². The molecule has 0 radical (unpaired) electrons. The van der Waals surface area contributed by atoms with Crippen LogP contribution < -0.4 is 26.2 Å². The molecule has 0 saturated heterocycles. The Kier molecular flexibility index (Phi) is 5.07. The molecule has 0 bridgehead atoms. The van der Waals surface area contributed by atoms with Gasteiger partial charge in [0.05, 0.1) is 9.79 Å². The molecule has 5 aromatic rings. The SMILES string of the molecule is O=S1(=O)c2cccc3c2B2c4c(cc(SC(F)(F)F)cc4N(c4ccccc4)c4cccc1c42)N3c1ccccc1. The predicted octanol–water partition coefficient (Wildman–Crippen LogP) is 6.53. The molecular weight excluding hydrogens is 564 g/mol. The Balaban J connectivity index is 1.56. The second-order valence-electron chi connectivity index (χ2n) is 10.1. The van der Waals surface area contributed by atoms with Crippen LogP contribution in [-0.2, 0) is 9.84 Å². The summed E-state index contributed by atoms with van der Waals surface area (Å²) in [5, 5.41) is 0. The molecule has 0 aromatic heterocycles. The number of para-hydroxylation sites is 2. The van der Waals surface area contributed by atoms with Crippen LogP contribution in [0.3, 0.4) is 0 Å². The number of halogens is 3. The van der Waals surface area contributed by atoms with E-state index in [1.165, 1.54) is 0 Å². The molecule has 200 valence electrons. The molecule has 0 fully saturated rings. The molecule has 0 spiro atoms. The van der Waals surface area contributed by atoms with Gasteiger partial charge in [0.25, 0.3) is 6.71 Å². The van der Waals surface area contributed by atoms with Crippen LogP contribution in [0.1, 0.15) is 0 Å². The Bertz CT molecular complexity index is 1880. The molecule has 0 atom stereocenters. The van der Waals surface area contributed by atoms with Crippen molar-refractivity contribution in [2.24, 2.45) is 0 Å². The fraction of sp³-hybridized carbons (Fsp3) is 0.0323. The Hall–Kier alpha value is -4.15. The van der Waals surface area contributed by atoms with Gasteiger partial charge < -0.3 is 9.80 Å². The molecule has 5 aromatic carbocycles. The Labute approximate surface area is 239 Å². The number of rotatable bonds is 3. The predicted molar refractivity (Wildman–Crippen MR) is 158 cm³/mol. The minimum absolute atomic E-state index is 0.0516. The van der Waals surface area contributed by atoms with Gasteiger partial charge in [0.2, 0.25) is 9.84 Å². The van der Waals surface area contributed by atoms with Gasteiger partial charge in [0.15, 0.2) is 0 Å². The largest absolute Gasteiger partial charge is 0.446 e. The lowest BCUT2D eigenvalue weighted by molar-refractivity contribution is -0.0328. The van der Waals surface area contributed by atoms with E-state index >= 15 is 0 Å². The van der Waals surface area contributed by atoms with Crippen LogP contribution in [0.15, 0.2) is 124 Å². The summed E-state index contributed by atoms with van der Waals surface area (Å²) in [4.78, 5) is 4.29. The highest BCUT2D eigenvalue weighted by Gasteiger charge is 2.51. The molecular formula is C31H18BF3N2O2S2. The van der Waals surface area contributed by atoms with Gasteiger partial charge in [0, 0.05) is 39.0 Å². The molecule has 41 heavy (non-hydrogen) atoms. The van der Waals surface area contributed by atoms with Crippen molar-refractivity contribution in [3.8, 4) is 0 Å². The first-order chi connectivity index (χ1) is 19.7. The number of benzene rings is 5. The quantitative estimate of drug-likeness (QED) is 0.175. The average Bonchev–Trinajstić information content (AvgIpc) is 2.95. The molecule has 4 nitrogen and oxygen atoms in total. The maximum absolute atomic E-state index is 14.1. The van der Waals surface area contributed by atoms with E-state index in [1.807, 2.05) is 82.6 Å². The van der Waals surface area contributed by atoms with Crippen molar-refractivity contribution in [2.45, 2.75) is 20.2 Å². The van der Waals surface area contributed by atoms with Crippen molar-refractivity contribution in [1.29, 1.82) is 0 Å². The standard InChI is InChI=1S/C31H18BF3N2O2S2/c33-31(34,35)40-21-17-24-28-25(18-21)37(20-11-5-2-6-12-20)23-14-8-16-27-30(23)32(28)29-22(13-7-15-26(29)41(27,38)39)36(24)19-9-3-1-4-10-19/h1-18H. The summed E-state index contributed by atoms with van der Waals surface area (Å²) in [5.74, 6) is 0. The monoisotopic (exact) mass is 582 g/mol. The highest BCUT2D eigenvalue weighted by molar-refractivity contribution is 8.00. The lowest BCUT2D eigenvalue weighted by atomic mass is 9.33. The van der Waals surface area contributed by atoms with Gasteiger partial charge in [-0.15, -0.1) is 0 Å². The van der Waals surface area contributed by atoms with E-state index in [2.05, 4.69) is 0 Å². The summed E-state index contributed by atoms with van der Waals surface area (Å²) in [6.07, 6.45) is 0.